The first kappa shape index (κ1) is 20.3. The molecule has 9 heteroatoms. The Hall–Kier alpha value is -3.59. The largest absolute Gasteiger partial charge is 0.379 e. The van der Waals surface area contributed by atoms with Gasteiger partial charge in [-0.3, -0.25) is 4.79 Å². The van der Waals surface area contributed by atoms with Gasteiger partial charge in [-0.1, -0.05) is 6.07 Å². The number of carbonyl (C=O) groups is 1. The van der Waals surface area contributed by atoms with Crippen molar-refractivity contribution in [2.45, 2.75) is 32.4 Å². The molecular formula is C23H23FN6O2. The van der Waals surface area contributed by atoms with Crippen molar-refractivity contribution in [3.05, 3.63) is 60.3 Å². The standard InChI is InChI=1S/C23H23FN6O2/c1-14(2)30-13-25-28-22(30)19-4-3-5-21(26-19)27-23(31)17-11-20-15(10-18(17)24)6-8-29(20)16-7-9-32-12-16/h3-6,8,10-11,13-14,16H,7,9,12H2,1-2H3,(H,26,27,31). The van der Waals surface area contributed by atoms with Gasteiger partial charge in [0.2, 0.25) is 0 Å². The lowest BCUT2D eigenvalue weighted by Gasteiger charge is -2.13. The van der Waals surface area contributed by atoms with Crippen LogP contribution in [0.2, 0.25) is 0 Å². The summed E-state index contributed by atoms with van der Waals surface area (Å²) in [4.78, 5) is 17.4. The lowest BCUT2D eigenvalue weighted by molar-refractivity contribution is 0.102. The van der Waals surface area contributed by atoms with Gasteiger partial charge in [0.25, 0.3) is 5.91 Å². The second kappa shape index (κ2) is 8.16. The van der Waals surface area contributed by atoms with Gasteiger partial charge in [-0.15, -0.1) is 10.2 Å². The number of nitrogens with one attached hydrogen (secondary N) is 1. The molecule has 1 N–H and O–H groups in total. The van der Waals surface area contributed by atoms with E-state index in [1.165, 1.54) is 6.07 Å². The number of hydrogen-bond donors (Lipinski definition) is 1. The number of amides is 1. The maximum Gasteiger partial charge on any atom is 0.259 e. The van der Waals surface area contributed by atoms with E-state index in [1.54, 1.807) is 30.6 Å². The molecule has 1 amide bonds. The number of carbonyl (C=O) groups excluding carboxylic acids is 1. The van der Waals surface area contributed by atoms with Gasteiger partial charge in [0.15, 0.2) is 5.82 Å². The number of pyridine rings is 1. The van der Waals surface area contributed by atoms with Gasteiger partial charge in [0, 0.05) is 29.7 Å². The third-order valence-corrected chi connectivity index (χ3v) is 5.70. The summed E-state index contributed by atoms with van der Waals surface area (Å²) < 4.78 is 24.2. The van der Waals surface area contributed by atoms with Crippen molar-refractivity contribution in [2.24, 2.45) is 0 Å². The van der Waals surface area contributed by atoms with Crippen molar-refractivity contribution in [2.75, 3.05) is 18.5 Å². The van der Waals surface area contributed by atoms with E-state index in [9.17, 15) is 9.18 Å². The first-order valence-electron chi connectivity index (χ1n) is 10.6. The topological polar surface area (TPSA) is 86.9 Å². The van der Waals surface area contributed by atoms with Crippen LogP contribution in [0.3, 0.4) is 0 Å². The van der Waals surface area contributed by atoms with Crippen LogP contribution in [0.1, 0.15) is 42.7 Å². The Bertz CT molecular complexity index is 1290. The number of anilines is 1. The molecule has 4 aromatic rings. The molecular weight excluding hydrogens is 411 g/mol. The van der Waals surface area contributed by atoms with Crippen molar-refractivity contribution in [3.63, 3.8) is 0 Å². The van der Waals surface area contributed by atoms with Crippen LogP contribution in [0.15, 0.2) is 48.9 Å². The molecule has 0 bridgehead atoms. The van der Waals surface area contributed by atoms with Gasteiger partial charge in [0.05, 0.1) is 18.2 Å². The molecule has 1 aliphatic rings. The van der Waals surface area contributed by atoms with Crippen molar-refractivity contribution in [3.8, 4) is 11.5 Å². The van der Waals surface area contributed by atoms with Crippen LogP contribution in [0, 0.1) is 5.82 Å². The highest BCUT2D eigenvalue weighted by Gasteiger charge is 2.21. The van der Waals surface area contributed by atoms with Crippen molar-refractivity contribution < 1.29 is 13.9 Å². The van der Waals surface area contributed by atoms with E-state index < -0.39 is 11.7 Å². The molecule has 1 atom stereocenters. The van der Waals surface area contributed by atoms with Crippen LogP contribution >= 0.6 is 0 Å². The molecule has 5 rings (SSSR count). The van der Waals surface area contributed by atoms with Crippen LogP contribution in [0.25, 0.3) is 22.4 Å². The van der Waals surface area contributed by atoms with E-state index >= 15 is 0 Å². The normalized spacial score (nSPS) is 16.2. The summed E-state index contributed by atoms with van der Waals surface area (Å²) in [5, 5.41) is 11.6. The molecule has 1 saturated heterocycles. The third kappa shape index (κ3) is 3.64. The zero-order valence-electron chi connectivity index (χ0n) is 17.8. The fourth-order valence-electron chi connectivity index (χ4n) is 4.03. The van der Waals surface area contributed by atoms with E-state index in [0.717, 1.165) is 17.3 Å². The average Bonchev–Trinajstić information content (AvgIpc) is 3.53. The van der Waals surface area contributed by atoms with E-state index in [0.29, 0.717) is 30.5 Å². The van der Waals surface area contributed by atoms with E-state index in [2.05, 4.69) is 25.1 Å². The second-order valence-corrected chi connectivity index (χ2v) is 8.15. The van der Waals surface area contributed by atoms with Gasteiger partial charge in [-0.25, -0.2) is 9.37 Å². The van der Waals surface area contributed by atoms with Gasteiger partial charge < -0.3 is 19.2 Å². The van der Waals surface area contributed by atoms with E-state index in [4.69, 9.17) is 4.74 Å². The zero-order valence-corrected chi connectivity index (χ0v) is 17.8. The highest BCUT2D eigenvalue weighted by atomic mass is 19.1. The van der Waals surface area contributed by atoms with Gasteiger partial charge in [-0.2, -0.15) is 0 Å². The number of rotatable bonds is 5. The Morgan fingerprint density at radius 2 is 2.16 bits per heavy atom. The molecule has 0 saturated carbocycles. The highest BCUT2D eigenvalue weighted by molar-refractivity contribution is 6.06. The summed E-state index contributed by atoms with van der Waals surface area (Å²) in [6.45, 7) is 5.35. The molecule has 1 aromatic carbocycles. The van der Waals surface area contributed by atoms with Gasteiger partial charge >= 0.3 is 0 Å². The number of benzene rings is 1. The Morgan fingerprint density at radius 1 is 1.28 bits per heavy atom. The van der Waals surface area contributed by atoms with E-state index in [1.807, 2.05) is 30.7 Å². The van der Waals surface area contributed by atoms with Gasteiger partial charge in [-0.05, 0) is 50.6 Å². The Kier molecular flexibility index (Phi) is 5.18. The smallest absolute Gasteiger partial charge is 0.259 e. The van der Waals surface area contributed by atoms with Crippen LogP contribution in [0.5, 0.6) is 0 Å². The lowest BCUT2D eigenvalue weighted by atomic mass is 10.1. The second-order valence-electron chi connectivity index (χ2n) is 8.15. The lowest BCUT2D eigenvalue weighted by Crippen LogP contribution is -2.15. The number of nitrogens with zero attached hydrogens (tertiary/aromatic N) is 5. The summed E-state index contributed by atoms with van der Waals surface area (Å²) >= 11 is 0. The monoisotopic (exact) mass is 434 g/mol. The molecule has 32 heavy (non-hydrogen) atoms. The quantitative estimate of drug-likeness (QED) is 0.508. The minimum absolute atomic E-state index is 0.0334. The zero-order chi connectivity index (χ0) is 22.2. The average molecular weight is 434 g/mol. The van der Waals surface area contributed by atoms with Crippen molar-refractivity contribution in [1.29, 1.82) is 0 Å². The maximum atomic E-state index is 14.8. The molecule has 0 spiro atoms. The number of aromatic nitrogens is 5. The summed E-state index contributed by atoms with van der Waals surface area (Å²) in [6.07, 6.45) is 4.45. The fraction of sp³-hybridized carbons (Fsp3) is 0.304. The molecule has 0 aliphatic carbocycles. The summed E-state index contributed by atoms with van der Waals surface area (Å²) in [6, 6.07) is 10.4. The number of hydrogen-bond acceptors (Lipinski definition) is 5. The minimum atomic E-state index is -0.578. The van der Waals surface area contributed by atoms with Crippen LogP contribution < -0.4 is 5.32 Å². The first-order valence-corrected chi connectivity index (χ1v) is 10.6. The fourth-order valence-corrected chi connectivity index (χ4v) is 4.03. The van der Waals surface area contributed by atoms with Crippen LogP contribution in [0.4, 0.5) is 10.2 Å². The molecule has 8 nitrogen and oxygen atoms in total. The molecule has 4 heterocycles. The SMILES string of the molecule is CC(C)n1cnnc1-c1cccc(NC(=O)c2cc3c(ccn3C3CCOC3)cc2F)n1. The van der Waals surface area contributed by atoms with Gasteiger partial charge in [0.1, 0.15) is 23.7 Å². The third-order valence-electron chi connectivity index (χ3n) is 5.70. The molecule has 1 unspecified atom stereocenters. The van der Waals surface area contributed by atoms with Crippen molar-refractivity contribution >= 4 is 22.6 Å². The molecule has 0 radical (unpaired) electrons. The van der Waals surface area contributed by atoms with Crippen LogP contribution in [-0.4, -0.2) is 43.4 Å². The van der Waals surface area contributed by atoms with Crippen LogP contribution in [-0.2, 0) is 4.74 Å². The molecule has 1 aliphatic heterocycles. The minimum Gasteiger partial charge on any atom is -0.379 e. The molecule has 3 aromatic heterocycles. The van der Waals surface area contributed by atoms with E-state index in [-0.39, 0.29) is 17.6 Å². The maximum absolute atomic E-state index is 14.8. The first-order chi connectivity index (χ1) is 15.5. The number of halogens is 1. The summed E-state index contributed by atoms with van der Waals surface area (Å²) in [5.74, 6) is -0.230. The predicted octanol–water partition coefficient (Wildman–Crippen LogP) is 4.23. The Balaban J connectivity index is 1.44. The summed E-state index contributed by atoms with van der Waals surface area (Å²) in [5.41, 5.74) is 1.34. The Labute approximate surface area is 184 Å². The predicted molar refractivity (Wildman–Crippen MR) is 118 cm³/mol. The number of ether oxygens (including phenoxy) is 1. The Morgan fingerprint density at radius 3 is 2.94 bits per heavy atom. The molecule has 164 valence electrons. The summed E-state index contributed by atoms with van der Waals surface area (Å²) in [7, 11) is 0. The number of fused-ring (bicyclic) bond motifs is 1. The van der Waals surface area contributed by atoms with Crippen molar-refractivity contribution in [1.82, 2.24) is 24.3 Å². The molecule has 1 fully saturated rings. The highest BCUT2D eigenvalue weighted by Crippen LogP contribution is 2.28.